The van der Waals surface area contributed by atoms with Crippen LogP contribution in [0.5, 0.6) is 0 Å². The molecule has 0 radical (unpaired) electrons. The third kappa shape index (κ3) is 2.18. The number of hydrogen-bond acceptors (Lipinski definition) is 4. The van der Waals surface area contributed by atoms with E-state index in [-0.39, 0.29) is 0 Å². The van der Waals surface area contributed by atoms with Gasteiger partial charge in [0.2, 0.25) is 6.39 Å². The van der Waals surface area contributed by atoms with Gasteiger partial charge in [-0.1, -0.05) is 11.6 Å². The lowest BCUT2D eigenvalue weighted by atomic mass is 10.1. The fourth-order valence-electron chi connectivity index (χ4n) is 2.73. The van der Waals surface area contributed by atoms with E-state index in [9.17, 15) is 0 Å². The Labute approximate surface area is 106 Å². The van der Waals surface area contributed by atoms with Crippen molar-refractivity contribution in [3.63, 3.8) is 0 Å². The summed E-state index contributed by atoms with van der Waals surface area (Å²) < 4.78 is 6.92. The molecule has 2 heterocycles. The van der Waals surface area contributed by atoms with E-state index in [1.54, 1.807) is 0 Å². The zero-order valence-electron chi connectivity index (χ0n) is 10.6. The van der Waals surface area contributed by atoms with Crippen LogP contribution >= 0.6 is 0 Å². The van der Waals surface area contributed by atoms with Gasteiger partial charge in [0, 0.05) is 18.4 Å². The van der Waals surface area contributed by atoms with Gasteiger partial charge in [-0.15, -0.1) is 0 Å². The van der Waals surface area contributed by atoms with E-state index in [4.69, 9.17) is 4.52 Å². The van der Waals surface area contributed by atoms with Crippen LogP contribution in [0.25, 0.3) is 0 Å². The van der Waals surface area contributed by atoms with Crippen LogP contribution in [0.15, 0.2) is 23.3 Å². The van der Waals surface area contributed by atoms with Crippen molar-refractivity contribution >= 4 is 0 Å². The standard InChI is InChI=1S/C13H18N4O/c1-14-12-5-3-2-4-10-6-17(7-11(10)12)8-13-15-9-18-16-13/h6-7,9,12,14H,2-5,8H2,1H3. The molecule has 1 N–H and O–H groups in total. The van der Waals surface area contributed by atoms with Crippen molar-refractivity contribution in [3.8, 4) is 0 Å². The maximum Gasteiger partial charge on any atom is 0.213 e. The molecular formula is C13H18N4O. The van der Waals surface area contributed by atoms with Gasteiger partial charge >= 0.3 is 0 Å². The summed E-state index contributed by atoms with van der Waals surface area (Å²) >= 11 is 0. The van der Waals surface area contributed by atoms with E-state index < -0.39 is 0 Å². The molecule has 0 saturated heterocycles. The van der Waals surface area contributed by atoms with Crippen LogP contribution < -0.4 is 5.32 Å². The topological polar surface area (TPSA) is 55.9 Å². The van der Waals surface area contributed by atoms with Crippen molar-refractivity contribution in [1.82, 2.24) is 20.0 Å². The summed E-state index contributed by atoms with van der Waals surface area (Å²) in [6, 6.07) is 0.481. The highest BCUT2D eigenvalue weighted by atomic mass is 16.5. The van der Waals surface area contributed by atoms with Gasteiger partial charge in [0.1, 0.15) is 0 Å². The number of nitrogens with zero attached hydrogens (tertiary/aromatic N) is 3. The molecule has 0 aromatic carbocycles. The van der Waals surface area contributed by atoms with Gasteiger partial charge in [0.25, 0.3) is 0 Å². The average Bonchev–Trinajstić information content (AvgIpc) is 2.97. The zero-order valence-corrected chi connectivity index (χ0v) is 10.6. The van der Waals surface area contributed by atoms with E-state index in [0.717, 1.165) is 5.82 Å². The van der Waals surface area contributed by atoms with Crippen molar-refractivity contribution < 1.29 is 4.52 Å². The first-order chi connectivity index (χ1) is 8.86. The molecule has 3 rings (SSSR count). The molecule has 5 heteroatoms. The van der Waals surface area contributed by atoms with Crippen molar-refractivity contribution in [2.24, 2.45) is 0 Å². The normalized spacial score (nSPS) is 19.5. The molecular weight excluding hydrogens is 228 g/mol. The largest absolute Gasteiger partial charge is 0.346 e. The van der Waals surface area contributed by atoms with Gasteiger partial charge in [-0.3, -0.25) is 0 Å². The first-order valence-corrected chi connectivity index (χ1v) is 6.48. The van der Waals surface area contributed by atoms with Crippen molar-refractivity contribution in [2.45, 2.75) is 38.3 Å². The van der Waals surface area contributed by atoms with Gasteiger partial charge in [0.15, 0.2) is 5.82 Å². The van der Waals surface area contributed by atoms with Gasteiger partial charge in [-0.25, -0.2) is 0 Å². The van der Waals surface area contributed by atoms with Crippen LogP contribution in [-0.4, -0.2) is 21.8 Å². The molecule has 0 saturated carbocycles. The third-order valence-corrected chi connectivity index (χ3v) is 3.64. The summed E-state index contributed by atoms with van der Waals surface area (Å²) in [4.78, 5) is 4.06. The Morgan fingerprint density at radius 3 is 3.17 bits per heavy atom. The van der Waals surface area contributed by atoms with Gasteiger partial charge in [-0.05, 0) is 37.4 Å². The van der Waals surface area contributed by atoms with E-state index in [1.807, 2.05) is 7.05 Å². The Bertz CT molecular complexity index is 503. The minimum atomic E-state index is 0.481. The lowest BCUT2D eigenvalue weighted by molar-refractivity contribution is 0.408. The van der Waals surface area contributed by atoms with Gasteiger partial charge in [0.05, 0.1) is 6.54 Å². The van der Waals surface area contributed by atoms with E-state index in [0.29, 0.717) is 12.6 Å². The van der Waals surface area contributed by atoms with E-state index >= 15 is 0 Å². The number of fused-ring (bicyclic) bond motifs is 1. The van der Waals surface area contributed by atoms with Crippen LogP contribution in [0.2, 0.25) is 0 Å². The van der Waals surface area contributed by atoms with Crippen molar-refractivity contribution in [2.75, 3.05) is 7.05 Å². The monoisotopic (exact) mass is 246 g/mol. The lowest BCUT2D eigenvalue weighted by Crippen LogP contribution is -2.15. The molecule has 5 nitrogen and oxygen atoms in total. The zero-order chi connectivity index (χ0) is 12.4. The number of nitrogens with one attached hydrogen (secondary N) is 1. The predicted octanol–water partition coefficient (Wildman–Crippen LogP) is 1.91. The van der Waals surface area contributed by atoms with E-state index in [1.165, 1.54) is 43.2 Å². The highest BCUT2D eigenvalue weighted by molar-refractivity contribution is 5.29. The van der Waals surface area contributed by atoms with Crippen molar-refractivity contribution in [3.05, 3.63) is 35.7 Å². The molecule has 0 bridgehead atoms. The summed E-state index contributed by atoms with van der Waals surface area (Å²) in [6.07, 6.45) is 10.8. The minimum absolute atomic E-state index is 0.481. The average molecular weight is 246 g/mol. The summed E-state index contributed by atoms with van der Waals surface area (Å²) in [5, 5.41) is 7.26. The molecule has 2 aromatic rings. The quantitative estimate of drug-likeness (QED) is 0.840. The molecule has 0 spiro atoms. The molecule has 0 fully saturated rings. The Kier molecular flexibility index (Phi) is 3.15. The fourth-order valence-corrected chi connectivity index (χ4v) is 2.73. The molecule has 1 atom stereocenters. The van der Waals surface area contributed by atoms with Crippen LogP contribution in [-0.2, 0) is 13.0 Å². The number of rotatable bonds is 3. The highest BCUT2D eigenvalue weighted by Gasteiger charge is 2.19. The third-order valence-electron chi connectivity index (χ3n) is 3.64. The summed E-state index contributed by atoms with van der Waals surface area (Å²) in [6.45, 7) is 0.680. The first kappa shape index (κ1) is 11.5. The molecule has 2 aromatic heterocycles. The second kappa shape index (κ2) is 4.94. The summed E-state index contributed by atoms with van der Waals surface area (Å²) in [7, 11) is 2.04. The van der Waals surface area contributed by atoms with Gasteiger partial charge in [-0.2, -0.15) is 4.98 Å². The molecule has 1 aliphatic rings. The fraction of sp³-hybridized carbons (Fsp3) is 0.538. The second-order valence-corrected chi connectivity index (χ2v) is 4.85. The molecule has 0 aliphatic heterocycles. The molecule has 1 aliphatic carbocycles. The second-order valence-electron chi connectivity index (χ2n) is 4.85. The maximum atomic E-state index is 4.76. The Morgan fingerprint density at radius 2 is 2.39 bits per heavy atom. The number of hydrogen-bond donors (Lipinski definition) is 1. The molecule has 96 valence electrons. The molecule has 1 unspecified atom stereocenters. The molecule has 18 heavy (non-hydrogen) atoms. The van der Waals surface area contributed by atoms with Crippen LogP contribution in [0.4, 0.5) is 0 Å². The first-order valence-electron chi connectivity index (χ1n) is 6.48. The van der Waals surface area contributed by atoms with Crippen LogP contribution in [0.1, 0.15) is 42.3 Å². The maximum absolute atomic E-state index is 4.76. The Morgan fingerprint density at radius 1 is 1.44 bits per heavy atom. The molecule has 0 amide bonds. The highest BCUT2D eigenvalue weighted by Crippen LogP contribution is 2.29. The van der Waals surface area contributed by atoms with Crippen LogP contribution in [0.3, 0.4) is 0 Å². The van der Waals surface area contributed by atoms with Crippen LogP contribution in [0, 0.1) is 0 Å². The van der Waals surface area contributed by atoms with Gasteiger partial charge < -0.3 is 14.4 Å². The SMILES string of the molecule is CNC1CCCCc2cn(Cc3ncon3)cc21. The minimum Gasteiger partial charge on any atom is -0.346 e. The summed E-state index contributed by atoms with van der Waals surface area (Å²) in [5.74, 6) is 0.723. The summed E-state index contributed by atoms with van der Waals surface area (Å²) in [5.41, 5.74) is 2.88. The smallest absolute Gasteiger partial charge is 0.213 e. The van der Waals surface area contributed by atoms with Crippen molar-refractivity contribution in [1.29, 1.82) is 0 Å². The Balaban J connectivity index is 1.86. The Hall–Kier alpha value is -1.62. The lowest BCUT2D eigenvalue weighted by Gasteiger charge is -2.13. The number of aromatic nitrogens is 3. The predicted molar refractivity (Wildman–Crippen MR) is 67.2 cm³/mol. The van der Waals surface area contributed by atoms with E-state index in [2.05, 4.69) is 32.4 Å². The number of aryl methyl sites for hydroxylation is 1.